The van der Waals surface area contributed by atoms with Crippen molar-refractivity contribution < 1.29 is 9.90 Å². The van der Waals surface area contributed by atoms with Crippen molar-refractivity contribution in [3.63, 3.8) is 0 Å². The van der Waals surface area contributed by atoms with Crippen LogP contribution in [0.25, 0.3) is 0 Å². The monoisotopic (exact) mass is 239 g/mol. The summed E-state index contributed by atoms with van der Waals surface area (Å²) in [5.74, 6) is 0.840. The molecule has 2 N–H and O–H groups in total. The molecule has 2 rings (SSSR count). The van der Waals surface area contributed by atoms with Gasteiger partial charge >= 0.3 is 5.97 Å². The Morgan fingerprint density at radius 3 is 2.65 bits per heavy atom. The second kappa shape index (κ2) is 4.97. The van der Waals surface area contributed by atoms with Gasteiger partial charge in [-0.2, -0.15) is 0 Å². The molecule has 98 valence electrons. The molecule has 2 aliphatic carbocycles. The highest BCUT2D eigenvalue weighted by Gasteiger charge is 2.46. The van der Waals surface area contributed by atoms with Gasteiger partial charge in [0.15, 0.2) is 0 Å². The van der Waals surface area contributed by atoms with E-state index >= 15 is 0 Å². The van der Waals surface area contributed by atoms with Gasteiger partial charge in [-0.3, -0.25) is 10.1 Å². The van der Waals surface area contributed by atoms with Crippen molar-refractivity contribution in [1.29, 1.82) is 0 Å². The van der Waals surface area contributed by atoms with Crippen LogP contribution in [0.4, 0.5) is 0 Å². The number of nitrogens with one attached hydrogen (secondary N) is 1. The molecule has 0 radical (unpaired) electrons. The third-order valence-electron chi connectivity index (χ3n) is 4.62. The first-order valence-electron chi connectivity index (χ1n) is 7.08. The van der Waals surface area contributed by atoms with Gasteiger partial charge in [0.25, 0.3) is 0 Å². The first-order chi connectivity index (χ1) is 8.07. The van der Waals surface area contributed by atoms with Gasteiger partial charge < -0.3 is 5.11 Å². The first kappa shape index (κ1) is 12.9. The zero-order valence-electron chi connectivity index (χ0n) is 11.0. The van der Waals surface area contributed by atoms with Gasteiger partial charge in [-0.05, 0) is 50.9 Å². The highest BCUT2D eigenvalue weighted by molar-refractivity contribution is 5.79. The van der Waals surface area contributed by atoms with Crippen LogP contribution in [0.15, 0.2) is 0 Å². The zero-order chi connectivity index (χ0) is 12.5. The van der Waals surface area contributed by atoms with E-state index in [2.05, 4.69) is 19.2 Å². The van der Waals surface area contributed by atoms with Gasteiger partial charge in [-0.15, -0.1) is 0 Å². The predicted octanol–water partition coefficient (Wildman–Crippen LogP) is 2.80. The van der Waals surface area contributed by atoms with Crippen molar-refractivity contribution >= 4 is 5.97 Å². The van der Waals surface area contributed by atoms with Gasteiger partial charge in [0.05, 0.1) is 0 Å². The molecule has 17 heavy (non-hydrogen) atoms. The van der Waals surface area contributed by atoms with Gasteiger partial charge in [-0.25, -0.2) is 0 Å². The molecule has 3 nitrogen and oxygen atoms in total. The summed E-state index contributed by atoms with van der Waals surface area (Å²) in [6.45, 7) is 4.19. The van der Waals surface area contributed by atoms with Crippen molar-refractivity contribution in [3.8, 4) is 0 Å². The third-order valence-corrected chi connectivity index (χ3v) is 4.62. The van der Waals surface area contributed by atoms with E-state index in [4.69, 9.17) is 0 Å². The minimum atomic E-state index is -0.638. The maximum absolute atomic E-state index is 11.7. The van der Waals surface area contributed by atoms with E-state index in [-0.39, 0.29) is 0 Å². The average Bonchev–Trinajstić information content (AvgIpc) is 3.13. The minimum Gasteiger partial charge on any atom is -0.480 e. The summed E-state index contributed by atoms with van der Waals surface area (Å²) >= 11 is 0. The molecule has 2 saturated carbocycles. The fourth-order valence-corrected chi connectivity index (χ4v) is 3.25. The number of aliphatic carboxylic acids is 1. The SMILES string of the molecule is CCC(C)NC1(C(=O)O)CCCC(C2CC2)C1. The van der Waals surface area contributed by atoms with E-state index in [0.29, 0.717) is 12.0 Å². The Kier molecular flexibility index (Phi) is 3.76. The Balaban J connectivity index is 2.06. The van der Waals surface area contributed by atoms with Crippen molar-refractivity contribution in [2.24, 2.45) is 11.8 Å². The summed E-state index contributed by atoms with van der Waals surface area (Å²) in [4.78, 5) is 11.7. The van der Waals surface area contributed by atoms with Gasteiger partial charge in [0.2, 0.25) is 0 Å². The van der Waals surface area contributed by atoms with Crippen molar-refractivity contribution in [2.45, 2.75) is 70.4 Å². The smallest absolute Gasteiger partial charge is 0.323 e. The summed E-state index contributed by atoms with van der Waals surface area (Å²) < 4.78 is 0. The van der Waals surface area contributed by atoms with Gasteiger partial charge in [-0.1, -0.05) is 19.8 Å². The number of hydrogen-bond donors (Lipinski definition) is 2. The molecule has 3 unspecified atom stereocenters. The Bertz CT molecular complexity index is 288. The molecule has 2 fully saturated rings. The lowest BCUT2D eigenvalue weighted by molar-refractivity contribution is -0.147. The Morgan fingerprint density at radius 2 is 2.12 bits per heavy atom. The van der Waals surface area contributed by atoms with E-state index in [0.717, 1.165) is 31.6 Å². The Hall–Kier alpha value is -0.570. The van der Waals surface area contributed by atoms with Crippen LogP contribution in [-0.4, -0.2) is 22.7 Å². The lowest BCUT2D eigenvalue weighted by Crippen LogP contribution is -2.57. The summed E-state index contributed by atoms with van der Waals surface area (Å²) in [6.07, 6.45) is 7.59. The van der Waals surface area contributed by atoms with E-state index in [1.807, 2.05) is 0 Å². The van der Waals surface area contributed by atoms with Crippen molar-refractivity contribution in [2.75, 3.05) is 0 Å². The largest absolute Gasteiger partial charge is 0.480 e. The van der Waals surface area contributed by atoms with E-state index in [1.54, 1.807) is 0 Å². The molecular formula is C14H25NO2. The molecule has 2 aliphatic rings. The lowest BCUT2D eigenvalue weighted by atomic mass is 9.73. The molecule has 0 aromatic rings. The highest BCUT2D eigenvalue weighted by Crippen LogP contribution is 2.46. The zero-order valence-corrected chi connectivity index (χ0v) is 11.0. The van der Waals surface area contributed by atoms with Crippen LogP contribution >= 0.6 is 0 Å². The highest BCUT2D eigenvalue weighted by atomic mass is 16.4. The maximum Gasteiger partial charge on any atom is 0.323 e. The maximum atomic E-state index is 11.7. The van der Waals surface area contributed by atoms with Crippen LogP contribution in [0.3, 0.4) is 0 Å². The number of carbonyl (C=O) groups is 1. The van der Waals surface area contributed by atoms with Crippen LogP contribution < -0.4 is 5.32 Å². The minimum absolute atomic E-state index is 0.295. The molecule has 0 amide bonds. The van der Waals surface area contributed by atoms with Crippen LogP contribution in [-0.2, 0) is 4.79 Å². The normalized spacial score (nSPS) is 35.5. The molecule has 3 atom stereocenters. The molecule has 0 spiro atoms. The van der Waals surface area contributed by atoms with Crippen LogP contribution in [0, 0.1) is 11.8 Å². The molecule has 0 aliphatic heterocycles. The summed E-state index contributed by atoms with van der Waals surface area (Å²) in [5, 5.41) is 13.0. The first-order valence-corrected chi connectivity index (χ1v) is 7.08. The lowest BCUT2D eigenvalue weighted by Gasteiger charge is -2.40. The summed E-state index contributed by atoms with van der Waals surface area (Å²) in [7, 11) is 0. The number of hydrogen-bond acceptors (Lipinski definition) is 2. The predicted molar refractivity (Wildman–Crippen MR) is 67.9 cm³/mol. The standard InChI is InChI=1S/C14H25NO2/c1-3-10(2)15-14(13(16)17)8-4-5-12(9-14)11-6-7-11/h10-12,15H,3-9H2,1-2H3,(H,16,17). The molecule has 0 heterocycles. The third kappa shape index (κ3) is 2.82. The second-order valence-corrected chi connectivity index (χ2v) is 6.03. The second-order valence-electron chi connectivity index (χ2n) is 6.03. The van der Waals surface area contributed by atoms with Crippen LogP contribution in [0.1, 0.15) is 58.8 Å². The fraction of sp³-hybridized carbons (Fsp3) is 0.929. The van der Waals surface area contributed by atoms with E-state index in [1.165, 1.54) is 19.3 Å². The Morgan fingerprint density at radius 1 is 1.41 bits per heavy atom. The van der Waals surface area contributed by atoms with Gasteiger partial charge in [0, 0.05) is 6.04 Å². The molecule has 0 aromatic heterocycles. The van der Waals surface area contributed by atoms with E-state index in [9.17, 15) is 9.90 Å². The molecular weight excluding hydrogens is 214 g/mol. The van der Waals surface area contributed by atoms with Crippen molar-refractivity contribution in [3.05, 3.63) is 0 Å². The number of rotatable bonds is 5. The fourth-order valence-electron chi connectivity index (χ4n) is 3.25. The average molecular weight is 239 g/mol. The summed E-state index contributed by atoms with van der Waals surface area (Å²) in [5.41, 5.74) is -0.638. The molecule has 0 aromatic carbocycles. The van der Waals surface area contributed by atoms with E-state index < -0.39 is 11.5 Å². The molecule has 3 heteroatoms. The summed E-state index contributed by atoms with van der Waals surface area (Å²) in [6, 6.07) is 0.295. The van der Waals surface area contributed by atoms with Crippen molar-refractivity contribution in [1.82, 2.24) is 5.32 Å². The topological polar surface area (TPSA) is 49.3 Å². The molecule has 0 saturated heterocycles. The van der Waals surface area contributed by atoms with Crippen LogP contribution in [0.2, 0.25) is 0 Å². The molecule has 0 bridgehead atoms. The quantitative estimate of drug-likeness (QED) is 0.775. The number of carboxylic acids is 1. The number of carboxylic acid groups (broad SMARTS) is 1. The van der Waals surface area contributed by atoms with Gasteiger partial charge in [0.1, 0.15) is 5.54 Å². The Labute approximate surface area is 104 Å². The van der Waals surface area contributed by atoms with Crippen LogP contribution in [0.5, 0.6) is 0 Å².